The molecule has 2 aromatic carbocycles. The maximum Gasteiger partial charge on any atom is 0.145 e. The van der Waals surface area contributed by atoms with Gasteiger partial charge in [-0.1, -0.05) is 23.7 Å². The molecular formula is C19H16ClFN4O. The van der Waals surface area contributed by atoms with Gasteiger partial charge >= 0.3 is 0 Å². The van der Waals surface area contributed by atoms with E-state index in [0.717, 1.165) is 12.0 Å². The molecule has 0 radical (unpaired) electrons. The summed E-state index contributed by atoms with van der Waals surface area (Å²) in [5.41, 5.74) is 2.59. The van der Waals surface area contributed by atoms with Crippen LogP contribution in [-0.2, 0) is 6.42 Å². The maximum absolute atomic E-state index is 13.4. The van der Waals surface area contributed by atoms with Crippen LogP contribution < -0.4 is 0 Å². The average Bonchev–Trinajstić information content (AvgIpc) is 3.14. The van der Waals surface area contributed by atoms with E-state index in [1.165, 1.54) is 12.1 Å². The van der Waals surface area contributed by atoms with Crippen molar-refractivity contribution >= 4 is 34.0 Å². The van der Waals surface area contributed by atoms with Gasteiger partial charge in [0.2, 0.25) is 0 Å². The number of rotatable bonds is 4. The van der Waals surface area contributed by atoms with E-state index in [1.54, 1.807) is 11.0 Å². The molecule has 1 aliphatic heterocycles. The Bertz CT molecular complexity index is 1030. The molecule has 0 unspecified atom stereocenters. The monoisotopic (exact) mass is 370 g/mol. The van der Waals surface area contributed by atoms with Gasteiger partial charge in [-0.3, -0.25) is 5.41 Å². The van der Waals surface area contributed by atoms with Crippen LogP contribution in [0.3, 0.4) is 0 Å². The van der Waals surface area contributed by atoms with Gasteiger partial charge in [-0.25, -0.2) is 9.37 Å². The Labute approximate surface area is 154 Å². The van der Waals surface area contributed by atoms with Crippen LogP contribution in [0.5, 0.6) is 0 Å². The molecule has 26 heavy (non-hydrogen) atoms. The summed E-state index contributed by atoms with van der Waals surface area (Å²) in [7, 11) is 0. The van der Waals surface area contributed by atoms with Gasteiger partial charge in [0.15, 0.2) is 0 Å². The van der Waals surface area contributed by atoms with E-state index in [1.807, 2.05) is 24.3 Å². The van der Waals surface area contributed by atoms with Crippen LogP contribution in [0.25, 0.3) is 16.6 Å². The first-order valence-corrected chi connectivity index (χ1v) is 8.55. The minimum atomic E-state index is -0.364. The molecule has 0 saturated heterocycles. The molecule has 2 heterocycles. The number of imidazole rings is 1. The van der Waals surface area contributed by atoms with Crippen LogP contribution in [0.1, 0.15) is 11.4 Å². The standard InChI is InChI=1S/C19H16ClFN4O/c20-12-3-1-11(2-4-12)7-8-25-10-16(26)17(18(25)22)19-23-14-6-5-13(21)9-15(14)24-19/h1-6,9,22,26H,7-8,10H2,(H,23,24). The van der Waals surface area contributed by atoms with Gasteiger partial charge in [0.1, 0.15) is 23.2 Å². The largest absolute Gasteiger partial charge is 0.510 e. The van der Waals surface area contributed by atoms with Crippen LogP contribution in [0.4, 0.5) is 4.39 Å². The van der Waals surface area contributed by atoms with E-state index in [4.69, 9.17) is 17.0 Å². The van der Waals surface area contributed by atoms with Crippen molar-refractivity contribution in [2.45, 2.75) is 6.42 Å². The number of aliphatic hydroxyl groups is 1. The van der Waals surface area contributed by atoms with Crippen LogP contribution >= 0.6 is 11.6 Å². The van der Waals surface area contributed by atoms with E-state index >= 15 is 0 Å². The Morgan fingerprint density at radius 3 is 2.77 bits per heavy atom. The number of hydrogen-bond donors (Lipinski definition) is 3. The Hall–Kier alpha value is -2.86. The zero-order valence-electron chi connectivity index (χ0n) is 13.8. The highest BCUT2D eigenvalue weighted by molar-refractivity contribution is 6.30. The van der Waals surface area contributed by atoms with Crippen molar-refractivity contribution in [1.29, 1.82) is 5.41 Å². The molecule has 1 aromatic heterocycles. The highest BCUT2D eigenvalue weighted by Crippen LogP contribution is 2.27. The minimum Gasteiger partial charge on any atom is -0.510 e. The first-order valence-electron chi connectivity index (χ1n) is 8.17. The molecule has 0 spiro atoms. The minimum absolute atomic E-state index is 0.0886. The van der Waals surface area contributed by atoms with E-state index in [-0.39, 0.29) is 24.0 Å². The van der Waals surface area contributed by atoms with Gasteiger partial charge in [0.25, 0.3) is 0 Å². The Morgan fingerprint density at radius 2 is 2.00 bits per heavy atom. The summed E-state index contributed by atoms with van der Waals surface area (Å²) in [5.74, 6) is 0.306. The first kappa shape index (κ1) is 16.6. The molecule has 0 amide bonds. The third-order valence-electron chi connectivity index (χ3n) is 4.45. The highest BCUT2D eigenvalue weighted by Gasteiger charge is 2.30. The fraction of sp³-hybridized carbons (Fsp3) is 0.158. The summed E-state index contributed by atoms with van der Waals surface area (Å²) in [5, 5.41) is 19.4. The van der Waals surface area contributed by atoms with E-state index < -0.39 is 0 Å². The molecule has 4 rings (SSSR count). The van der Waals surface area contributed by atoms with Gasteiger partial charge < -0.3 is 15.0 Å². The van der Waals surface area contributed by atoms with Gasteiger partial charge in [0, 0.05) is 11.6 Å². The van der Waals surface area contributed by atoms with Crippen molar-refractivity contribution in [3.05, 3.63) is 70.5 Å². The zero-order chi connectivity index (χ0) is 18.3. The van der Waals surface area contributed by atoms with Gasteiger partial charge in [-0.15, -0.1) is 0 Å². The number of hydrogen-bond acceptors (Lipinski definition) is 3. The van der Waals surface area contributed by atoms with Crippen LogP contribution in [0, 0.1) is 11.2 Å². The van der Waals surface area contributed by atoms with Gasteiger partial charge in [0.05, 0.1) is 23.2 Å². The Kier molecular flexibility index (Phi) is 4.12. The SMILES string of the molecule is N=C1C(c2nc3ccc(F)cc3[nH]2)=C(O)CN1CCc1ccc(Cl)cc1. The molecule has 132 valence electrons. The van der Waals surface area contributed by atoms with E-state index in [2.05, 4.69) is 9.97 Å². The number of fused-ring (bicyclic) bond motifs is 1. The second kappa shape index (κ2) is 6.46. The summed E-state index contributed by atoms with van der Waals surface area (Å²) in [6.45, 7) is 0.843. The number of aromatic nitrogens is 2. The lowest BCUT2D eigenvalue weighted by Crippen LogP contribution is -2.29. The third-order valence-corrected chi connectivity index (χ3v) is 4.70. The molecule has 0 saturated carbocycles. The second-order valence-electron chi connectivity index (χ2n) is 6.22. The fourth-order valence-corrected chi connectivity index (χ4v) is 3.21. The molecule has 0 atom stereocenters. The van der Waals surface area contributed by atoms with Crippen molar-refractivity contribution in [2.75, 3.05) is 13.1 Å². The molecule has 3 N–H and O–H groups in total. The topological polar surface area (TPSA) is 76.0 Å². The van der Waals surface area contributed by atoms with Crippen molar-refractivity contribution in [3.8, 4) is 0 Å². The van der Waals surface area contributed by atoms with Crippen LogP contribution in [0.2, 0.25) is 5.02 Å². The number of benzene rings is 2. The lowest BCUT2D eigenvalue weighted by molar-refractivity contribution is 0.351. The maximum atomic E-state index is 13.4. The number of amidine groups is 1. The number of nitrogens with zero attached hydrogens (tertiary/aromatic N) is 2. The average molecular weight is 371 g/mol. The van der Waals surface area contributed by atoms with Crippen LogP contribution in [-0.4, -0.2) is 38.9 Å². The molecule has 1 aliphatic rings. The summed E-state index contributed by atoms with van der Waals surface area (Å²) >= 11 is 5.89. The summed E-state index contributed by atoms with van der Waals surface area (Å²) in [6, 6.07) is 11.8. The quantitative estimate of drug-likeness (QED) is 0.645. The highest BCUT2D eigenvalue weighted by atomic mass is 35.5. The van der Waals surface area contributed by atoms with Crippen LogP contribution in [0.15, 0.2) is 48.2 Å². The predicted octanol–water partition coefficient (Wildman–Crippen LogP) is 4.16. The molecule has 5 nitrogen and oxygen atoms in total. The predicted molar refractivity (Wildman–Crippen MR) is 100 cm³/mol. The van der Waals surface area contributed by atoms with Crippen molar-refractivity contribution in [1.82, 2.24) is 14.9 Å². The number of halogens is 2. The lowest BCUT2D eigenvalue weighted by atomic mass is 10.1. The second-order valence-corrected chi connectivity index (χ2v) is 6.65. The fourth-order valence-electron chi connectivity index (χ4n) is 3.09. The Morgan fingerprint density at radius 1 is 1.23 bits per heavy atom. The summed E-state index contributed by atoms with van der Waals surface area (Å²) in [6.07, 6.45) is 0.728. The smallest absolute Gasteiger partial charge is 0.145 e. The number of nitrogens with one attached hydrogen (secondary N) is 2. The van der Waals surface area contributed by atoms with Crippen molar-refractivity contribution < 1.29 is 9.50 Å². The van der Waals surface area contributed by atoms with Crippen molar-refractivity contribution in [2.24, 2.45) is 0 Å². The molecular weight excluding hydrogens is 355 g/mol. The summed E-state index contributed by atoms with van der Waals surface area (Å²) < 4.78 is 13.4. The van der Waals surface area contributed by atoms with Crippen molar-refractivity contribution in [3.63, 3.8) is 0 Å². The molecule has 3 aromatic rings. The molecule has 0 fully saturated rings. The number of aliphatic hydroxyl groups excluding tert-OH is 1. The van der Waals surface area contributed by atoms with Gasteiger partial charge in [-0.05, 0) is 42.3 Å². The summed E-state index contributed by atoms with van der Waals surface area (Å²) in [4.78, 5) is 9.15. The van der Waals surface area contributed by atoms with E-state index in [9.17, 15) is 9.50 Å². The lowest BCUT2D eigenvalue weighted by Gasteiger charge is -2.18. The normalized spacial score (nSPS) is 14.7. The number of H-pyrrole nitrogens is 1. The molecule has 7 heteroatoms. The number of aromatic amines is 1. The molecule has 0 bridgehead atoms. The Balaban J connectivity index is 1.53. The first-order chi connectivity index (χ1) is 12.5. The molecule has 0 aliphatic carbocycles. The zero-order valence-corrected chi connectivity index (χ0v) is 14.5. The van der Waals surface area contributed by atoms with Gasteiger partial charge in [-0.2, -0.15) is 0 Å². The third kappa shape index (κ3) is 3.04. The van der Waals surface area contributed by atoms with E-state index in [0.29, 0.717) is 34.0 Å².